The van der Waals surface area contributed by atoms with E-state index in [1.54, 1.807) is 0 Å². The fraction of sp³-hybridized carbons (Fsp3) is 0.909. The Morgan fingerprint density at radius 2 is 1.40 bits per heavy atom. The van der Waals surface area contributed by atoms with Gasteiger partial charge in [0.15, 0.2) is 5.78 Å². The van der Waals surface area contributed by atoms with Gasteiger partial charge in [0.25, 0.3) is 5.60 Å². The monoisotopic (exact) mass is 307 g/mol. The maximum absolute atomic E-state index is 12.8. The molecule has 0 aromatic rings. The Balaban J connectivity index is 3.29. The molecule has 0 saturated carbocycles. The Hall–Kier alpha value is -0.830. The number of rotatable bonds is 3. The van der Waals surface area contributed by atoms with Crippen LogP contribution in [0.4, 0.5) is 26.3 Å². The topological polar surface area (TPSA) is 40.5 Å². The number of nitrogens with zero attached hydrogens (tertiary/aromatic N) is 1. The lowest BCUT2D eigenvalue weighted by atomic mass is 9.87. The van der Waals surface area contributed by atoms with Crippen LogP contribution in [0.2, 0.25) is 0 Å². The summed E-state index contributed by atoms with van der Waals surface area (Å²) in [4.78, 5) is 12.2. The number of carbonyl (C=O) groups excluding carboxylic acids is 1. The van der Waals surface area contributed by atoms with Crippen LogP contribution in [0.1, 0.15) is 26.2 Å². The molecule has 0 aromatic carbocycles. The molecule has 1 rings (SSSR count). The van der Waals surface area contributed by atoms with E-state index in [1.165, 1.54) is 0 Å². The molecule has 0 radical (unpaired) electrons. The number of Topliss-reactive ketones (excluding diaryl/α,β-unsaturated/α-hetero) is 1. The number of alkyl halides is 6. The first-order valence-electron chi connectivity index (χ1n) is 6.03. The van der Waals surface area contributed by atoms with E-state index in [9.17, 15) is 36.2 Å². The van der Waals surface area contributed by atoms with Crippen molar-refractivity contribution in [1.29, 1.82) is 0 Å². The normalized spacial score (nSPS) is 20.8. The van der Waals surface area contributed by atoms with Gasteiger partial charge in [-0.2, -0.15) is 26.3 Å². The number of piperidine rings is 1. The predicted octanol–water partition coefficient (Wildman–Crippen LogP) is 2.29. The molecule has 0 bridgehead atoms. The van der Waals surface area contributed by atoms with Crippen LogP contribution in [-0.2, 0) is 4.79 Å². The molecule has 0 unspecified atom stereocenters. The molecule has 9 heteroatoms. The van der Waals surface area contributed by atoms with Crippen molar-refractivity contribution < 1.29 is 36.2 Å². The van der Waals surface area contributed by atoms with Gasteiger partial charge in [0.1, 0.15) is 6.04 Å². The zero-order chi connectivity index (χ0) is 15.8. The number of halogens is 6. The van der Waals surface area contributed by atoms with Crippen LogP contribution in [0.25, 0.3) is 0 Å². The minimum absolute atomic E-state index is 0.0846. The number of ketones is 1. The smallest absolute Gasteiger partial charge is 0.372 e. The molecule has 1 fully saturated rings. The fourth-order valence-electron chi connectivity index (χ4n) is 2.46. The first kappa shape index (κ1) is 17.2. The first-order chi connectivity index (χ1) is 8.93. The summed E-state index contributed by atoms with van der Waals surface area (Å²) in [7, 11) is 0. The molecule has 1 aliphatic heterocycles. The van der Waals surface area contributed by atoms with Crippen molar-refractivity contribution in [1.82, 2.24) is 4.90 Å². The third-order valence-corrected chi connectivity index (χ3v) is 3.40. The highest BCUT2D eigenvalue weighted by atomic mass is 19.4. The lowest BCUT2D eigenvalue weighted by Gasteiger charge is -2.44. The van der Waals surface area contributed by atoms with Gasteiger partial charge in [-0.3, -0.25) is 9.69 Å². The molecule has 0 amide bonds. The molecule has 1 heterocycles. The molecule has 118 valence electrons. The largest absolute Gasteiger partial charge is 0.428 e. The van der Waals surface area contributed by atoms with Crippen molar-refractivity contribution in [2.75, 3.05) is 13.1 Å². The van der Waals surface area contributed by atoms with Crippen LogP contribution in [0, 0.1) is 0 Å². The molecule has 0 aromatic heterocycles. The molecular weight excluding hydrogens is 292 g/mol. The van der Waals surface area contributed by atoms with Crippen LogP contribution in [0.15, 0.2) is 0 Å². The average Bonchev–Trinajstić information content (AvgIpc) is 2.26. The molecule has 0 spiro atoms. The maximum atomic E-state index is 12.8. The lowest BCUT2D eigenvalue weighted by molar-refractivity contribution is -0.380. The van der Waals surface area contributed by atoms with Crippen molar-refractivity contribution in [2.24, 2.45) is 0 Å². The minimum Gasteiger partial charge on any atom is -0.372 e. The van der Waals surface area contributed by atoms with Crippen LogP contribution in [0.5, 0.6) is 0 Å². The van der Waals surface area contributed by atoms with E-state index < -0.39 is 29.8 Å². The van der Waals surface area contributed by atoms with E-state index >= 15 is 0 Å². The third kappa shape index (κ3) is 2.93. The Morgan fingerprint density at radius 1 is 1.00 bits per heavy atom. The van der Waals surface area contributed by atoms with E-state index in [1.807, 2.05) is 0 Å². The molecule has 1 N–H and O–H groups in total. The summed E-state index contributed by atoms with van der Waals surface area (Å²) in [6.45, 7) is 0.457. The number of aliphatic hydroxyl groups is 1. The summed E-state index contributed by atoms with van der Waals surface area (Å²) in [6, 6.07) is -2.66. The van der Waals surface area contributed by atoms with Gasteiger partial charge in [-0.05, 0) is 32.9 Å². The summed E-state index contributed by atoms with van der Waals surface area (Å²) in [5.41, 5.74) is -5.05. The summed E-state index contributed by atoms with van der Waals surface area (Å²) in [5.74, 6) is -1.36. The van der Waals surface area contributed by atoms with Gasteiger partial charge in [0, 0.05) is 0 Å². The van der Waals surface area contributed by atoms with Gasteiger partial charge in [0.05, 0.1) is 0 Å². The van der Waals surface area contributed by atoms with E-state index in [0.29, 0.717) is 26.2 Å². The number of hydrogen-bond acceptors (Lipinski definition) is 3. The Labute approximate surface area is 111 Å². The zero-order valence-corrected chi connectivity index (χ0v) is 10.7. The van der Waals surface area contributed by atoms with E-state index in [4.69, 9.17) is 0 Å². The van der Waals surface area contributed by atoms with E-state index in [2.05, 4.69) is 0 Å². The molecule has 0 aliphatic carbocycles. The van der Waals surface area contributed by atoms with Crippen molar-refractivity contribution in [2.45, 2.75) is 50.2 Å². The second-order valence-electron chi connectivity index (χ2n) is 4.87. The third-order valence-electron chi connectivity index (χ3n) is 3.40. The van der Waals surface area contributed by atoms with Gasteiger partial charge in [-0.15, -0.1) is 0 Å². The summed E-state index contributed by atoms with van der Waals surface area (Å²) < 4.78 is 76.9. The Kier molecular flexibility index (Phi) is 4.75. The van der Waals surface area contributed by atoms with Crippen LogP contribution in [0.3, 0.4) is 0 Å². The van der Waals surface area contributed by atoms with Gasteiger partial charge < -0.3 is 5.11 Å². The SMILES string of the molecule is CC(=O)[C@@H](N1CCCCC1)C(O)(C(F)(F)F)C(F)(F)F. The first-order valence-corrected chi connectivity index (χ1v) is 6.03. The van der Waals surface area contributed by atoms with E-state index in [-0.39, 0.29) is 13.1 Å². The van der Waals surface area contributed by atoms with Gasteiger partial charge >= 0.3 is 12.4 Å². The van der Waals surface area contributed by atoms with Crippen molar-refractivity contribution >= 4 is 5.78 Å². The Morgan fingerprint density at radius 3 is 1.70 bits per heavy atom. The molecule has 1 aliphatic rings. The fourth-order valence-corrected chi connectivity index (χ4v) is 2.46. The standard InChI is InChI=1S/C11H15F6NO2/c1-7(19)8(18-5-3-2-4-6-18)9(20,10(12,13)14)11(15,16)17/h8,20H,2-6H2,1H3/t8-/m1/s1. The van der Waals surface area contributed by atoms with Gasteiger partial charge in [0.2, 0.25) is 0 Å². The summed E-state index contributed by atoms with van der Waals surface area (Å²) in [5, 5.41) is 9.35. The average molecular weight is 307 g/mol. The molecule has 1 saturated heterocycles. The summed E-state index contributed by atoms with van der Waals surface area (Å²) >= 11 is 0. The van der Waals surface area contributed by atoms with Crippen LogP contribution >= 0.6 is 0 Å². The molecule has 1 atom stereocenters. The van der Waals surface area contributed by atoms with Crippen LogP contribution < -0.4 is 0 Å². The second-order valence-corrected chi connectivity index (χ2v) is 4.87. The lowest BCUT2D eigenvalue weighted by Crippen LogP contribution is -2.71. The second kappa shape index (κ2) is 5.51. The Bertz CT molecular complexity index is 345. The van der Waals surface area contributed by atoms with Gasteiger partial charge in [-0.25, -0.2) is 0 Å². The highest BCUT2D eigenvalue weighted by Gasteiger charge is 2.75. The maximum Gasteiger partial charge on any atom is 0.428 e. The molecule has 3 nitrogen and oxygen atoms in total. The highest BCUT2D eigenvalue weighted by molar-refractivity contribution is 5.83. The summed E-state index contributed by atoms with van der Waals surface area (Å²) in [6.07, 6.45) is -10.5. The molecular formula is C11H15F6NO2. The van der Waals surface area contributed by atoms with Crippen molar-refractivity contribution in [3.63, 3.8) is 0 Å². The minimum atomic E-state index is -5.99. The quantitative estimate of drug-likeness (QED) is 0.813. The number of hydrogen-bond donors (Lipinski definition) is 1. The van der Waals surface area contributed by atoms with E-state index in [0.717, 1.165) is 4.90 Å². The van der Waals surface area contributed by atoms with Gasteiger partial charge in [-0.1, -0.05) is 6.42 Å². The van der Waals surface area contributed by atoms with Crippen molar-refractivity contribution in [3.05, 3.63) is 0 Å². The van der Waals surface area contributed by atoms with Crippen LogP contribution in [-0.4, -0.2) is 52.9 Å². The van der Waals surface area contributed by atoms with Crippen molar-refractivity contribution in [3.8, 4) is 0 Å². The molecule has 20 heavy (non-hydrogen) atoms. The highest BCUT2D eigenvalue weighted by Crippen LogP contribution is 2.47. The zero-order valence-electron chi connectivity index (χ0n) is 10.7. The predicted molar refractivity (Wildman–Crippen MR) is 57.0 cm³/mol. The number of likely N-dealkylation sites (tertiary alicyclic amines) is 1. The number of carbonyl (C=O) groups is 1.